The zero-order valence-electron chi connectivity index (χ0n) is 10.5. The normalized spacial score (nSPS) is 13.1. The summed E-state index contributed by atoms with van der Waals surface area (Å²) in [6.45, 7) is 4.68. The van der Waals surface area contributed by atoms with E-state index in [1.807, 2.05) is 24.5 Å². The van der Waals surface area contributed by atoms with Crippen molar-refractivity contribution in [3.8, 4) is 22.6 Å². The molecule has 18 heavy (non-hydrogen) atoms. The Morgan fingerprint density at radius 1 is 1.11 bits per heavy atom. The van der Waals surface area contributed by atoms with Gasteiger partial charge in [0.2, 0.25) is 6.79 Å². The first-order valence-electron chi connectivity index (χ1n) is 6.09. The molecule has 1 aromatic heterocycles. The molecule has 0 saturated carbocycles. The SMILES string of the molecule is CC(C)c1ccncc1-c1ccc2c(c1)OCO2. The fraction of sp³-hybridized carbons (Fsp3) is 0.267. The number of benzene rings is 1. The monoisotopic (exact) mass is 241 g/mol. The van der Waals surface area contributed by atoms with Gasteiger partial charge in [0.15, 0.2) is 11.5 Å². The zero-order chi connectivity index (χ0) is 12.5. The lowest BCUT2D eigenvalue weighted by Crippen LogP contribution is -1.93. The van der Waals surface area contributed by atoms with Crippen LogP contribution in [0.4, 0.5) is 0 Å². The number of pyridine rings is 1. The Bertz CT molecular complexity index is 578. The van der Waals surface area contributed by atoms with Crippen LogP contribution in [0, 0.1) is 0 Å². The highest BCUT2D eigenvalue weighted by Crippen LogP contribution is 2.37. The van der Waals surface area contributed by atoms with E-state index in [0.29, 0.717) is 12.7 Å². The number of nitrogens with zero attached hydrogens (tertiary/aromatic N) is 1. The van der Waals surface area contributed by atoms with Gasteiger partial charge >= 0.3 is 0 Å². The Morgan fingerprint density at radius 3 is 2.78 bits per heavy atom. The maximum Gasteiger partial charge on any atom is 0.231 e. The fourth-order valence-electron chi connectivity index (χ4n) is 2.21. The summed E-state index contributed by atoms with van der Waals surface area (Å²) in [4.78, 5) is 4.23. The lowest BCUT2D eigenvalue weighted by Gasteiger charge is -2.12. The van der Waals surface area contributed by atoms with Crippen LogP contribution in [0.15, 0.2) is 36.7 Å². The first kappa shape index (κ1) is 11.1. The van der Waals surface area contributed by atoms with Gasteiger partial charge in [-0.05, 0) is 35.2 Å². The Balaban J connectivity index is 2.10. The molecular formula is C15H15NO2. The Kier molecular flexibility index (Phi) is 2.67. The van der Waals surface area contributed by atoms with Crippen molar-refractivity contribution in [2.45, 2.75) is 19.8 Å². The van der Waals surface area contributed by atoms with Crippen LogP contribution in [0.2, 0.25) is 0 Å². The average Bonchev–Trinajstić information content (AvgIpc) is 2.85. The van der Waals surface area contributed by atoms with Crippen LogP contribution in [-0.4, -0.2) is 11.8 Å². The van der Waals surface area contributed by atoms with Gasteiger partial charge in [-0.2, -0.15) is 0 Å². The molecule has 0 unspecified atom stereocenters. The molecule has 0 bridgehead atoms. The fourth-order valence-corrected chi connectivity index (χ4v) is 2.21. The summed E-state index contributed by atoms with van der Waals surface area (Å²) in [6, 6.07) is 8.10. The maximum atomic E-state index is 5.42. The van der Waals surface area contributed by atoms with E-state index in [1.165, 1.54) is 5.56 Å². The highest BCUT2D eigenvalue weighted by atomic mass is 16.7. The molecule has 0 fully saturated rings. The van der Waals surface area contributed by atoms with Crippen LogP contribution in [0.5, 0.6) is 11.5 Å². The van der Waals surface area contributed by atoms with E-state index < -0.39 is 0 Å². The first-order chi connectivity index (χ1) is 8.75. The largest absolute Gasteiger partial charge is 0.454 e. The molecule has 0 amide bonds. The quantitative estimate of drug-likeness (QED) is 0.805. The zero-order valence-corrected chi connectivity index (χ0v) is 10.5. The summed E-state index contributed by atoms with van der Waals surface area (Å²) in [5, 5.41) is 0. The van der Waals surface area contributed by atoms with Gasteiger partial charge in [0.1, 0.15) is 0 Å². The van der Waals surface area contributed by atoms with E-state index in [1.54, 1.807) is 0 Å². The molecule has 3 heteroatoms. The number of ether oxygens (including phenoxy) is 2. The third-order valence-electron chi connectivity index (χ3n) is 3.16. The Hall–Kier alpha value is -2.03. The summed E-state index contributed by atoms with van der Waals surface area (Å²) in [6.07, 6.45) is 3.75. The molecule has 3 nitrogen and oxygen atoms in total. The van der Waals surface area contributed by atoms with Crippen molar-refractivity contribution in [1.29, 1.82) is 0 Å². The smallest absolute Gasteiger partial charge is 0.231 e. The van der Waals surface area contributed by atoms with Crippen molar-refractivity contribution in [3.63, 3.8) is 0 Å². The second-order valence-corrected chi connectivity index (χ2v) is 4.69. The molecule has 0 N–H and O–H groups in total. The maximum absolute atomic E-state index is 5.42. The first-order valence-corrected chi connectivity index (χ1v) is 6.09. The van der Waals surface area contributed by atoms with Crippen molar-refractivity contribution in [3.05, 3.63) is 42.2 Å². The van der Waals surface area contributed by atoms with E-state index in [9.17, 15) is 0 Å². The van der Waals surface area contributed by atoms with Gasteiger partial charge in [0, 0.05) is 18.0 Å². The predicted molar refractivity (Wildman–Crippen MR) is 69.9 cm³/mol. The molecule has 2 aromatic rings. The van der Waals surface area contributed by atoms with Crippen LogP contribution < -0.4 is 9.47 Å². The molecule has 0 atom stereocenters. The minimum Gasteiger partial charge on any atom is -0.454 e. The minimum atomic E-state index is 0.308. The van der Waals surface area contributed by atoms with Crippen LogP contribution in [0.1, 0.15) is 25.3 Å². The van der Waals surface area contributed by atoms with Crippen LogP contribution in [0.25, 0.3) is 11.1 Å². The van der Waals surface area contributed by atoms with Crippen LogP contribution >= 0.6 is 0 Å². The molecule has 2 heterocycles. The lowest BCUT2D eigenvalue weighted by atomic mass is 9.94. The van der Waals surface area contributed by atoms with Crippen LogP contribution in [0.3, 0.4) is 0 Å². The van der Waals surface area contributed by atoms with E-state index in [2.05, 4.69) is 31.0 Å². The highest BCUT2D eigenvalue weighted by molar-refractivity contribution is 5.70. The van der Waals surface area contributed by atoms with E-state index in [0.717, 1.165) is 22.6 Å². The summed E-state index contributed by atoms with van der Waals surface area (Å²) in [5.41, 5.74) is 3.57. The topological polar surface area (TPSA) is 31.4 Å². The van der Waals surface area contributed by atoms with E-state index in [-0.39, 0.29) is 0 Å². The van der Waals surface area contributed by atoms with Crippen molar-refractivity contribution in [2.75, 3.05) is 6.79 Å². The summed E-state index contributed by atoms with van der Waals surface area (Å²) >= 11 is 0. The van der Waals surface area contributed by atoms with Crippen molar-refractivity contribution >= 4 is 0 Å². The molecule has 1 aliphatic rings. The molecular weight excluding hydrogens is 226 g/mol. The minimum absolute atomic E-state index is 0.308. The molecule has 92 valence electrons. The highest BCUT2D eigenvalue weighted by Gasteiger charge is 2.15. The van der Waals surface area contributed by atoms with Crippen LogP contribution in [-0.2, 0) is 0 Å². The van der Waals surface area contributed by atoms with Gasteiger partial charge in [-0.25, -0.2) is 0 Å². The van der Waals surface area contributed by atoms with Crippen molar-refractivity contribution in [2.24, 2.45) is 0 Å². The lowest BCUT2D eigenvalue weighted by molar-refractivity contribution is 0.174. The van der Waals surface area contributed by atoms with E-state index in [4.69, 9.17) is 9.47 Å². The van der Waals surface area contributed by atoms with Crippen molar-refractivity contribution in [1.82, 2.24) is 4.98 Å². The summed E-state index contributed by atoms with van der Waals surface area (Å²) in [5.74, 6) is 2.09. The molecule has 1 aliphatic heterocycles. The molecule has 0 spiro atoms. The van der Waals surface area contributed by atoms with Gasteiger partial charge in [-0.15, -0.1) is 0 Å². The third-order valence-corrected chi connectivity index (χ3v) is 3.16. The molecule has 0 saturated heterocycles. The Morgan fingerprint density at radius 2 is 1.94 bits per heavy atom. The van der Waals surface area contributed by atoms with E-state index >= 15 is 0 Å². The average molecular weight is 241 g/mol. The number of aromatic nitrogens is 1. The second kappa shape index (κ2) is 4.33. The van der Waals surface area contributed by atoms with Gasteiger partial charge in [0.25, 0.3) is 0 Å². The third kappa shape index (κ3) is 1.82. The summed E-state index contributed by atoms with van der Waals surface area (Å²) in [7, 11) is 0. The van der Waals surface area contributed by atoms with Gasteiger partial charge in [0.05, 0.1) is 0 Å². The van der Waals surface area contributed by atoms with Gasteiger partial charge < -0.3 is 9.47 Å². The number of fused-ring (bicyclic) bond motifs is 1. The number of hydrogen-bond donors (Lipinski definition) is 0. The van der Waals surface area contributed by atoms with Gasteiger partial charge in [-0.3, -0.25) is 4.98 Å². The second-order valence-electron chi connectivity index (χ2n) is 4.69. The van der Waals surface area contributed by atoms with Crippen molar-refractivity contribution < 1.29 is 9.47 Å². The standard InChI is InChI=1S/C15H15NO2/c1-10(2)12-5-6-16-8-13(12)11-3-4-14-15(7-11)18-9-17-14/h3-8,10H,9H2,1-2H3. The van der Waals surface area contributed by atoms with Gasteiger partial charge in [-0.1, -0.05) is 19.9 Å². The Labute approximate surface area is 106 Å². The molecule has 3 rings (SSSR count). The number of rotatable bonds is 2. The number of hydrogen-bond acceptors (Lipinski definition) is 3. The molecule has 1 aromatic carbocycles. The molecule has 0 radical (unpaired) electrons. The summed E-state index contributed by atoms with van der Waals surface area (Å²) < 4.78 is 10.7. The predicted octanol–water partition coefficient (Wildman–Crippen LogP) is 3.60. The molecule has 0 aliphatic carbocycles.